The summed E-state index contributed by atoms with van der Waals surface area (Å²) in [4.78, 5) is 1.47. The van der Waals surface area contributed by atoms with Crippen LogP contribution in [0.1, 0.15) is 37.1 Å². The normalized spacial score (nSPS) is 20.8. The zero-order valence-electron chi connectivity index (χ0n) is 9.26. The summed E-state index contributed by atoms with van der Waals surface area (Å²) in [6.07, 6.45) is 2.66. The topological polar surface area (TPSA) is 12.0 Å². The first-order chi connectivity index (χ1) is 6.55. The molecule has 0 amide bonds. The standard InChI is InChI=1S/C12H19NS/c1-9-4-11(14-8-9)7-13-10-5-12(2,3)6-10/h4,8,10,13H,5-7H2,1-3H3. The van der Waals surface area contributed by atoms with Crippen LogP contribution in [0.2, 0.25) is 0 Å². The molecule has 1 aliphatic rings. The van der Waals surface area contributed by atoms with Crippen LogP contribution in [0.4, 0.5) is 0 Å². The molecule has 1 aromatic heterocycles. The van der Waals surface area contributed by atoms with Crippen molar-refractivity contribution in [3.8, 4) is 0 Å². The van der Waals surface area contributed by atoms with Crippen LogP contribution in [0.3, 0.4) is 0 Å². The van der Waals surface area contributed by atoms with Crippen molar-refractivity contribution in [1.82, 2.24) is 5.32 Å². The van der Waals surface area contributed by atoms with Gasteiger partial charge in [-0.3, -0.25) is 0 Å². The van der Waals surface area contributed by atoms with E-state index in [4.69, 9.17) is 0 Å². The van der Waals surface area contributed by atoms with E-state index in [0.29, 0.717) is 5.41 Å². The first-order valence-corrected chi connectivity index (χ1v) is 6.20. The van der Waals surface area contributed by atoms with Gasteiger partial charge in [-0.2, -0.15) is 0 Å². The van der Waals surface area contributed by atoms with Crippen LogP contribution in [0, 0.1) is 12.3 Å². The smallest absolute Gasteiger partial charge is 0.0302 e. The molecule has 78 valence electrons. The van der Waals surface area contributed by atoms with Crippen molar-refractivity contribution in [2.24, 2.45) is 5.41 Å². The fourth-order valence-corrected chi connectivity index (χ4v) is 3.07. The molecule has 0 saturated heterocycles. The number of rotatable bonds is 3. The Morgan fingerprint density at radius 1 is 1.50 bits per heavy atom. The summed E-state index contributed by atoms with van der Waals surface area (Å²) in [6.45, 7) is 7.91. The molecule has 1 aromatic rings. The molecule has 0 atom stereocenters. The first-order valence-electron chi connectivity index (χ1n) is 5.33. The third-order valence-corrected chi connectivity index (χ3v) is 4.00. The molecule has 2 heteroatoms. The Hall–Kier alpha value is -0.340. The van der Waals surface area contributed by atoms with Crippen LogP contribution in [0.5, 0.6) is 0 Å². The molecule has 1 aliphatic carbocycles. The molecule has 1 heterocycles. The number of hydrogen-bond donors (Lipinski definition) is 1. The van der Waals surface area contributed by atoms with Gasteiger partial charge in [0.15, 0.2) is 0 Å². The minimum atomic E-state index is 0.586. The van der Waals surface area contributed by atoms with E-state index in [2.05, 4.69) is 37.5 Å². The quantitative estimate of drug-likeness (QED) is 0.805. The lowest BCUT2D eigenvalue weighted by atomic mass is 9.68. The summed E-state index contributed by atoms with van der Waals surface area (Å²) < 4.78 is 0. The van der Waals surface area contributed by atoms with Crippen molar-refractivity contribution in [3.63, 3.8) is 0 Å². The van der Waals surface area contributed by atoms with Gasteiger partial charge in [-0.15, -0.1) is 11.3 Å². The molecule has 2 rings (SSSR count). The molecular weight excluding hydrogens is 190 g/mol. The highest BCUT2D eigenvalue weighted by molar-refractivity contribution is 7.10. The van der Waals surface area contributed by atoms with Gasteiger partial charge in [0.2, 0.25) is 0 Å². The van der Waals surface area contributed by atoms with Gasteiger partial charge in [0.05, 0.1) is 0 Å². The molecule has 0 spiro atoms. The maximum absolute atomic E-state index is 3.61. The van der Waals surface area contributed by atoms with Crippen molar-refractivity contribution >= 4 is 11.3 Å². The summed E-state index contributed by atoms with van der Waals surface area (Å²) in [7, 11) is 0. The van der Waals surface area contributed by atoms with Gasteiger partial charge in [0, 0.05) is 17.5 Å². The Balaban J connectivity index is 1.74. The van der Waals surface area contributed by atoms with Gasteiger partial charge in [-0.05, 0) is 42.2 Å². The summed E-state index contributed by atoms with van der Waals surface area (Å²) in [5.74, 6) is 0. The summed E-state index contributed by atoms with van der Waals surface area (Å²) in [5, 5.41) is 5.84. The maximum Gasteiger partial charge on any atom is 0.0302 e. The third kappa shape index (κ3) is 2.37. The van der Waals surface area contributed by atoms with Crippen LogP contribution < -0.4 is 5.32 Å². The molecule has 0 aromatic carbocycles. The lowest BCUT2D eigenvalue weighted by molar-refractivity contribution is 0.125. The van der Waals surface area contributed by atoms with Gasteiger partial charge in [-0.1, -0.05) is 13.8 Å². The number of thiophene rings is 1. The van der Waals surface area contributed by atoms with Crippen molar-refractivity contribution in [3.05, 3.63) is 21.9 Å². The number of aryl methyl sites for hydroxylation is 1. The largest absolute Gasteiger partial charge is 0.309 e. The zero-order valence-corrected chi connectivity index (χ0v) is 10.1. The Kier molecular flexibility index (Phi) is 2.67. The van der Waals surface area contributed by atoms with E-state index < -0.39 is 0 Å². The van der Waals surface area contributed by atoms with E-state index in [1.54, 1.807) is 0 Å². The predicted molar refractivity (Wildman–Crippen MR) is 62.7 cm³/mol. The fraction of sp³-hybridized carbons (Fsp3) is 0.667. The Labute approximate surface area is 90.5 Å². The average molecular weight is 209 g/mol. The predicted octanol–water partition coefficient (Wildman–Crippen LogP) is 3.33. The summed E-state index contributed by atoms with van der Waals surface area (Å²) >= 11 is 1.86. The van der Waals surface area contributed by atoms with Gasteiger partial charge < -0.3 is 5.32 Å². The number of nitrogens with one attached hydrogen (secondary N) is 1. The van der Waals surface area contributed by atoms with Crippen LogP contribution in [0.25, 0.3) is 0 Å². The van der Waals surface area contributed by atoms with Crippen LogP contribution in [0.15, 0.2) is 11.4 Å². The monoisotopic (exact) mass is 209 g/mol. The molecule has 0 unspecified atom stereocenters. The van der Waals surface area contributed by atoms with Crippen LogP contribution in [-0.4, -0.2) is 6.04 Å². The van der Waals surface area contributed by atoms with Crippen molar-refractivity contribution in [2.45, 2.75) is 46.2 Å². The third-order valence-electron chi connectivity index (χ3n) is 2.95. The van der Waals surface area contributed by atoms with Crippen LogP contribution >= 0.6 is 11.3 Å². The Bertz CT molecular complexity index is 306. The van der Waals surface area contributed by atoms with E-state index in [1.807, 2.05) is 11.3 Å². The lowest BCUT2D eigenvalue weighted by Gasteiger charge is -2.43. The molecule has 1 fully saturated rings. The molecule has 0 bridgehead atoms. The minimum absolute atomic E-state index is 0.586. The average Bonchev–Trinajstić information content (AvgIpc) is 2.44. The Morgan fingerprint density at radius 2 is 2.21 bits per heavy atom. The van der Waals surface area contributed by atoms with Gasteiger partial charge >= 0.3 is 0 Å². The van der Waals surface area contributed by atoms with Gasteiger partial charge in [-0.25, -0.2) is 0 Å². The second-order valence-corrected chi connectivity index (χ2v) is 6.24. The highest BCUT2D eigenvalue weighted by atomic mass is 32.1. The molecule has 1 saturated carbocycles. The highest BCUT2D eigenvalue weighted by Gasteiger charge is 2.35. The van der Waals surface area contributed by atoms with Crippen LogP contribution in [-0.2, 0) is 6.54 Å². The van der Waals surface area contributed by atoms with E-state index in [0.717, 1.165) is 12.6 Å². The molecule has 1 N–H and O–H groups in total. The first kappa shape index (κ1) is 10.2. The molecular formula is C12H19NS. The van der Waals surface area contributed by atoms with Crippen molar-refractivity contribution < 1.29 is 0 Å². The molecule has 0 aliphatic heterocycles. The van der Waals surface area contributed by atoms with Crippen molar-refractivity contribution in [2.75, 3.05) is 0 Å². The van der Waals surface area contributed by atoms with Crippen molar-refractivity contribution in [1.29, 1.82) is 0 Å². The van der Waals surface area contributed by atoms with E-state index in [-0.39, 0.29) is 0 Å². The van der Waals surface area contributed by atoms with Gasteiger partial charge in [0.25, 0.3) is 0 Å². The van der Waals surface area contributed by atoms with Gasteiger partial charge in [0.1, 0.15) is 0 Å². The van der Waals surface area contributed by atoms with E-state index in [9.17, 15) is 0 Å². The Morgan fingerprint density at radius 3 is 2.71 bits per heavy atom. The minimum Gasteiger partial charge on any atom is -0.309 e. The molecule has 14 heavy (non-hydrogen) atoms. The number of hydrogen-bond acceptors (Lipinski definition) is 2. The summed E-state index contributed by atoms with van der Waals surface area (Å²) in [5.41, 5.74) is 1.98. The SMILES string of the molecule is Cc1csc(CNC2CC(C)(C)C2)c1. The fourth-order valence-electron chi connectivity index (χ4n) is 2.25. The molecule has 0 radical (unpaired) electrons. The van der Waals surface area contributed by atoms with E-state index in [1.165, 1.54) is 23.3 Å². The highest BCUT2D eigenvalue weighted by Crippen LogP contribution is 2.39. The van der Waals surface area contributed by atoms with E-state index >= 15 is 0 Å². The second-order valence-electron chi connectivity index (χ2n) is 5.24. The zero-order chi connectivity index (χ0) is 10.2. The lowest BCUT2D eigenvalue weighted by Crippen LogP contribution is -2.45. The second kappa shape index (κ2) is 3.67. The molecule has 1 nitrogen and oxygen atoms in total. The maximum atomic E-state index is 3.61. The summed E-state index contributed by atoms with van der Waals surface area (Å²) in [6, 6.07) is 3.04.